The molecule has 690 valence electrons. The van der Waals surface area contributed by atoms with Gasteiger partial charge in [0.05, 0.1) is 71.6 Å². The highest BCUT2D eigenvalue weighted by Crippen LogP contribution is 2.59. The highest BCUT2D eigenvalue weighted by molar-refractivity contribution is 8.07. The molecule has 23 atom stereocenters. The number of methoxy groups -OCH3 is 4. The normalized spacial score (nSPS) is 33.0. The number of nitrogens with one attached hydrogen (secondary N) is 3. The number of rotatable bonds is 23. The summed E-state index contributed by atoms with van der Waals surface area (Å²) in [6.45, 7) is 3.99. The van der Waals surface area contributed by atoms with Crippen LogP contribution in [0.15, 0.2) is 57.0 Å². The first kappa shape index (κ1) is 92.8. The maximum Gasteiger partial charge on any atom is 0.472 e. The zero-order valence-corrected chi connectivity index (χ0v) is 74.3. The molecule has 9 aromatic heterocycles. The second kappa shape index (κ2) is 36.4. The van der Waals surface area contributed by atoms with Gasteiger partial charge < -0.3 is 119 Å². The minimum absolute atomic E-state index is 0.0195. The van der Waals surface area contributed by atoms with E-state index in [0.29, 0.717) is 126 Å². The molecule has 126 heavy (non-hydrogen) atoms. The Morgan fingerprint density at radius 2 is 0.762 bits per heavy atom. The van der Waals surface area contributed by atoms with Crippen molar-refractivity contribution >= 4 is 119 Å². The number of H-pyrrole nitrogens is 3. The molecule has 10 aliphatic rings. The minimum Gasteiger partial charge on any atom is -0.383 e. The van der Waals surface area contributed by atoms with Crippen molar-refractivity contribution in [1.82, 2.24) is 87.6 Å². The molecule has 56 heteroatoms. The van der Waals surface area contributed by atoms with Crippen LogP contribution in [-0.4, -0.2) is 287 Å². The summed E-state index contributed by atoms with van der Waals surface area (Å²) in [7, 11) is 5.90. The number of nitrogen functional groups attached to an aromatic ring is 5. The predicted molar refractivity (Wildman–Crippen MR) is 446 cm³/mol. The molecule has 0 spiro atoms. The molecular formula is C70H100N23O28P3S2. The van der Waals surface area contributed by atoms with E-state index in [1.807, 2.05) is 20.8 Å². The standard InChI is InChI=1S/C14H20N5O7P.C14H20N5O6PS.C14H20N5O5PS.C14H19N5O5.C14H21N3O5/c1-3-14-4-5-24-8(9(14)26-27(21,22)23-2)12(25-14)19-6-16-7-10(19)17-13(15)18-11(7)20;1-3-14-4-5-23-8(9(14)25-26(21,27)22-2)12(24-14)19-6-16-7-10(19)17-13(15)18-11(7)20;1-3-14-4-5-22-9(10(14)24-25(20,26)21-2)13(23-14)19-7-18-8-11(15)16-6-17-12(8)19;1-21-5-14-3-4-23-8(9(14)22-2)12(24-14)19-6-16-7-10(19)17-13(15)18-11(7)20;1-8-6-17(13(18)16-11(8)15)12-9-10(20-3)14(22-12,7-19-2)4-5-21-9/h6,8-9,12H,3-5H2,1-2H3,(H,21,22)(H3,15,17,18,20);6,8-9,12H,3-5H2,1-2H3,(H,21,27)(H3,15,17,18,20);6-7,9-10,13H,3-5H2,1-2H3,(H,20,26)(H2,15,16,17);6,8-9,12H,3-5H2,1-2H3,(H3,15,17,18,20);6,9-10,12H,4-5,7H2,1-3H3,(H2,15,16,18)/t8-,9?,12+,14-;8-,9?,12+,14-,26?;9-,10?,13+,14-,25?;8-,9?,12+,14+;9-,10?,12+,14+/m00000/s1. The summed E-state index contributed by atoms with van der Waals surface area (Å²) in [6.07, 6.45) is 5.29. The van der Waals surface area contributed by atoms with Crippen molar-refractivity contribution in [2.75, 3.05) is 125 Å². The van der Waals surface area contributed by atoms with E-state index in [1.54, 1.807) is 61.6 Å². The van der Waals surface area contributed by atoms with Gasteiger partial charge in [-0.2, -0.15) is 19.9 Å². The first-order valence-corrected chi connectivity index (χ1v) is 46.5. The molecule has 10 aliphatic heterocycles. The Morgan fingerprint density at radius 3 is 1.10 bits per heavy atom. The van der Waals surface area contributed by atoms with Crippen LogP contribution in [0.25, 0.3) is 44.7 Å². The molecule has 8 unspecified atom stereocenters. The molecule has 9 aromatic rings. The number of aromatic nitrogens is 18. The van der Waals surface area contributed by atoms with Crippen LogP contribution >= 0.6 is 21.3 Å². The van der Waals surface area contributed by atoms with Gasteiger partial charge in [-0.05, 0) is 49.8 Å². The number of nitrogens with two attached hydrogens (primary N) is 5. The minimum atomic E-state index is -4.27. The largest absolute Gasteiger partial charge is 0.472 e. The van der Waals surface area contributed by atoms with Crippen molar-refractivity contribution in [2.24, 2.45) is 0 Å². The number of ether oxygens (including phenoxy) is 14. The van der Waals surface area contributed by atoms with E-state index in [2.05, 4.69) is 69.3 Å². The van der Waals surface area contributed by atoms with Crippen molar-refractivity contribution in [1.29, 1.82) is 0 Å². The summed E-state index contributed by atoms with van der Waals surface area (Å²) in [5.41, 5.74) is 26.3. The van der Waals surface area contributed by atoms with Crippen LogP contribution in [0.4, 0.5) is 29.5 Å². The summed E-state index contributed by atoms with van der Waals surface area (Å²) in [6, 6.07) is 0. The smallest absolute Gasteiger partial charge is 0.383 e. The highest BCUT2D eigenvalue weighted by Gasteiger charge is 2.66. The Bertz CT molecular complexity index is 5730. The molecule has 0 radical (unpaired) electrons. The molecule has 16 N–H and O–H groups in total. The Hall–Kier alpha value is -7.91. The maximum absolute atomic E-state index is 12.2. The van der Waals surface area contributed by atoms with Crippen LogP contribution in [-0.2, 0) is 122 Å². The zero-order chi connectivity index (χ0) is 90.1. The SMILES string of the molecule is CC[C@]12CCO[C@@H](C1OP(=O)(O)OC)[C@H](n1cnc3c(=O)[nH]c(N)nc31)O2.CC[C@]12CCO[C@@H](C1OP(O)(=S)OC)[C@H](n1cnc3c(=O)[nH]c(N)nc31)O2.CC[C@]12CCO[C@@H](C1OP(O)(=S)OC)[C@H](n1cnc3c(N)ncnc31)O2.COC[C@]12CCO[C@@H](C1OC)[C@H](n1cc(C)c(N)nc1=O)O2.COC[C@]12CCO[C@@H](C1OC)[C@H](n1cnc3c(=O)[nH]c(N)nc31)O2. The fourth-order valence-electron chi connectivity index (χ4n) is 18.1. The van der Waals surface area contributed by atoms with E-state index in [-0.39, 0.29) is 69.8 Å². The number of hydrogen-bond donors (Lipinski definition) is 11. The van der Waals surface area contributed by atoms with Gasteiger partial charge in [-0.25, -0.2) is 39.3 Å². The first-order valence-electron chi connectivity index (χ1n) is 39.8. The lowest BCUT2D eigenvalue weighted by Crippen LogP contribution is -2.52. The third-order valence-electron chi connectivity index (χ3n) is 24.2. The zero-order valence-electron chi connectivity index (χ0n) is 70.0. The molecule has 10 saturated heterocycles. The van der Waals surface area contributed by atoms with Crippen LogP contribution in [0, 0.1) is 6.92 Å². The summed E-state index contributed by atoms with van der Waals surface area (Å²) < 4.78 is 134. The molecule has 10 fully saturated rings. The molecule has 51 nitrogen and oxygen atoms in total. The van der Waals surface area contributed by atoms with Crippen LogP contribution < -0.4 is 51.0 Å². The van der Waals surface area contributed by atoms with Crippen molar-refractivity contribution < 1.29 is 113 Å². The molecule has 0 amide bonds. The Kier molecular flexibility index (Phi) is 26.8. The number of aromatic amines is 3. The van der Waals surface area contributed by atoms with Crippen molar-refractivity contribution in [3.63, 3.8) is 0 Å². The van der Waals surface area contributed by atoms with Crippen LogP contribution in [0.1, 0.15) is 109 Å². The van der Waals surface area contributed by atoms with Gasteiger partial charge in [-0.15, -0.1) is 0 Å². The lowest BCUT2D eigenvalue weighted by molar-refractivity contribution is -0.159. The van der Waals surface area contributed by atoms with Crippen molar-refractivity contribution in [3.05, 3.63) is 84.9 Å². The molecule has 10 bridgehead atoms. The molecule has 0 aliphatic carbocycles. The number of anilines is 5. The quantitative estimate of drug-likeness (QED) is 0.0400. The number of hydrogen-bond acceptors (Lipinski definition) is 42. The fourth-order valence-corrected chi connectivity index (χ4v) is 20.7. The predicted octanol–water partition coefficient (Wildman–Crippen LogP) is 1.11. The second-order valence-corrected chi connectivity index (χ2v) is 38.3. The number of phosphoric ester groups is 1. The monoisotopic (exact) mass is 1870 g/mol. The lowest BCUT2D eigenvalue weighted by atomic mass is 9.87. The van der Waals surface area contributed by atoms with Gasteiger partial charge in [0.2, 0.25) is 17.8 Å². The number of imidazole rings is 4. The number of phosphoric acid groups is 1. The summed E-state index contributed by atoms with van der Waals surface area (Å²) in [4.78, 5) is 127. The molecular weight excluding hydrogens is 1770 g/mol. The van der Waals surface area contributed by atoms with Gasteiger partial charge in [-0.1, -0.05) is 20.8 Å². The highest BCUT2D eigenvalue weighted by atomic mass is 32.5. The van der Waals surface area contributed by atoms with Gasteiger partial charge in [0.15, 0.2) is 76.1 Å². The van der Waals surface area contributed by atoms with E-state index in [0.717, 1.165) is 7.11 Å². The fraction of sp³-hybridized carbons (Fsp3) is 0.657. The number of nitrogens with zero attached hydrogens (tertiary/aromatic N) is 15. The van der Waals surface area contributed by atoms with Crippen LogP contribution in [0.3, 0.4) is 0 Å². The van der Waals surface area contributed by atoms with Crippen molar-refractivity contribution in [3.8, 4) is 0 Å². The average molecular weight is 1870 g/mol. The molecule has 19 heterocycles. The third kappa shape index (κ3) is 17.0. The van der Waals surface area contributed by atoms with Gasteiger partial charge >= 0.3 is 26.9 Å². The second-order valence-electron chi connectivity index (χ2n) is 31.0. The maximum atomic E-state index is 12.2. The van der Waals surface area contributed by atoms with Gasteiger partial charge in [0, 0.05) is 93.6 Å². The molecule has 0 saturated carbocycles. The van der Waals surface area contributed by atoms with Crippen LogP contribution in [0.2, 0.25) is 0 Å². The van der Waals surface area contributed by atoms with Gasteiger partial charge in [0.25, 0.3) is 16.7 Å². The summed E-state index contributed by atoms with van der Waals surface area (Å²) >= 11 is 10.1. The van der Waals surface area contributed by atoms with E-state index in [1.165, 1.54) is 48.7 Å². The Labute approximate surface area is 724 Å². The van der Waals surface area contributed by atoms with E-state index < -0.39 is 145 Å². The molecule has 19 rings (SSSR count). The third-order valence-corrected chi connectivity index (χ3v) is 28.5. The number of fused-ring (bicyclic) bond motifs is 14. The summed E-state index contributed by atoms with van der Waals surface area (Å²) in [5, 5.41) is 0. The topological polar surface area (TPSA) is 662 Å². The van der Waals surface area contributed by atoms with Gasteiger partial charge in [0.1, 0.15) is 107 Å². The van der Waals surface area contributed by atoms with Gasteiger partial charge in [-0.3, -0.25) is 70.3 Å². The molecule has 0 aromatic carbocycles. The van der Waals surface area contributed by atoms with Crippen molar-refractivity contribution in [2.45, 2.75) is 199 Å². The Balaban J connectivity index is 0.000000122. The van der Waals surface area contributed by atoms with E-state index in [4.69, 9.17) is 141 Å². The number of aryl methyl sites for hydroxylation is 1. The first-order chi connectivity index (χ1) is 60.1. The Morgan fingerprint density at radius 1 is 0.437 bits per heavy atom. The average Bonchev–Trinajstić information content (AvgIpc) is 1.58. The lowest BCUT2D eigenvalue weighted by Gasteiger charge is -2.38. The van der Waals surface area contributed by atoms with Crippen LogP contribution in [0.5, 0.6) is 0 Å². The van der Waals surface area contributed by atoms with E-state index in [9.17, 15) is 38.4 Å². The van der Waals surface area contributed by atoms with E-state index >= 15 is 0 Å². The summed E-state index contributed by atoms with van der Waals surface area (Å²) in [5.74, 6) is 0.440.